The zero-order chi connectivity index (χ0) is 37.6. The van der Waals surface area contributed by atoms with Gasteiger partial charge in [-0.3, -0.25) is 27.3 Å². The van der Waals surface area contributed by atoms with Crippen molar-refractivity contribution in [1.29, 1.82) is 0 Å². The number of rotatable bonds is 12. The van der Waals surface area contributed by atoms with Gasteiger partial charge in [-0.2, -0.15) is 8.42 Å². The Hall–Kier alpha value is -5.58. The molecule has 4 aromatic rings. The zero-order valence-corrected chi connectivity index (χ0v) is 28.8. The molecule has 2 aromatic carbocycles. The zero-order valence-electron chi connectivity index (χ0n) is 27.2. The minimum absolute atomic E-state index is 0.154. The maximum absolute atomic E-state index is 13.4. The molecule has 0 aliphatic heterocycles. The smallest absolute Gasteiger partial charge is 0.493 e. The number of hydrogen-bond donors (Lipinski definition) is 6. The second-order valence-electron chi connectivity index (χ2n) is 10.4. The van der Waals surface area contributed by atoms with E-state index in [-0.39, 0.29) is 55.4 Å². The lowest BCUT2D eigenvalue weighted by molar-refractivity contribution is 0.176. The van der Waals surface area contributed by atoms with E-state index < -0.39 is 43.3 Å². The Morgan fingerprint density at radius 3 is 1.34 bits per heavy atom. The lowest BCUT2D eigenvalue weighted by Crippen LogP contribution is -2.42. The van der Waals surface area contributed by atoms with Crippen LogP contribution in [0.4, 0.5) is 23.0 Å². The number of hydrogen-bond acceptors (Lipinski definition) is 16. The number of aryl methyl sites for hydroxylation is 2. The normalized spacial score (nSPS) is 11.3. The summed E-state index contributed by atoms with van der Waals surface area (Å²) in [5.74, 6) is -0.998. The molecule has 20 nitrogen and oxygen atoms in total. The molecule has 0 aliphatic rings. The first-order valence-corrected chi connectivity index (χ1v) is 17.2. The summed E-state index contributed by atoms with van der Waals surface area (Å²) in [6, 6.07) is 9.75. The molecule has 0 saturated carbocycles. The van der Waals surface area contributed by atoms with Crippen LogP contribution < -0.4 is 52.1 Å². The number of aromatic nitrogens is 4. The van der Waals surface area contributed by atoms with Gasteiger partial charge in [0.2, 0.25) is 0 Å². The average Bonchev–Trinajstić information content (AvgIpc) is 3.02. The van der Waals surface area contributed by atoms with Gasteiger partial charge in [-0.25, -0.2) is 9.97 Å². The van der Waals surface area contributed by atoms with Crippen molar-refractivity contribution >= 4 is 43.8 Å². The maximum atomic E-state index is 13.4. The molecule has 272 valence electrons. The highest BCUT2D eigenvalue weighted by molar-refractivity contribution is 7.82. The summed E-state index contributed by atoms with van der Waals surface area (Å²) >= 11 is 0. The Morgan fingerprint density at radius 1 is 0.680 bits per heavy atom. The van der Waals surface area contributed by atoms with E-state index in [0.29, 0.717) is 26.1 Å². The van der Waals surface area contributed by atoms with Crippen molar-refractivity contribution in [2.45, 2.75) is 40.5 Å². The predicted molar refractivity (Wildman–Crippen MR) is 183 cm³/mol. The molecule has 0 aliphatic carbocycles. The minimum atomic E-state index is -5.36. The van der Waals surface area contributed by atoms with Crippen LogP contribution in [-0.4, -0.2) is 58.6 Å². The number of nitrogens with zero attached hydrogens (tertiary/aromatic N) is 4. The van der Waals surface area contributed by atoms with Gasteiger partial charge in [0.1, 0.15) is 22.9 Å². The Labute approximate surface area is 286 Å². The molecule has 2 heterocycles. The van der Waals surface area contributed by atoms with E-state index in [2.05, 4.69) is 9.97 Å². The van der Waals surface area contributed by atoms with Crippen LogP contribution in [0.1, 0.15) is 37.8 Å². The third-order valence-corrected chi connectivity index (χ3v) is 6.89. The number of ether oxygens (including phenoxy) is 2. The second-order valence-corrected chi connectivity index (χ2v) is 12.4. The van der Waals surface area contributed by atoms with Crippen molar-refractivity contribution in [3.05, 3.63) is 68.2 Å². The first-order valence-electron chi connectivity index (χ1n) is 14.5. The van der Waals surface area contributed by atoms with Crippen LogP contribution in [0.25, 0.3) is 22.8 Å². The van der Waals surface area contributed by atoms with Gasteiger partial charge < -0.3 is 32.4 Å². The summed E-state index contributed by atoms with van der Waals surface area (Å²) in [7, 11) is -10.0. The van der Waals surface area contributed by atoms with Crippen LogP contribution in [0.5, 0.6) is 11.5 Å². The van der Waals surface area contributed by atoms with Crippen molar-refractivity contribution in [3.8, 4) is 34.3 Å². The lowest BCUT2D eigenvalue weighted by atomic mass is 10.1. The Bertz CT molecular complexity index is 2080. The Kier molecular flexibility index (Phi) is 12.2. The van der Waals surface area contributed by atoms with E-state index >= 15 is 0 Å². The van der Waals surface area contributed by atoms with Crippen molar-refractivity contribution in [1.82, 2.24) is 19.4 Å². The molecule has 22 heteroatoms. The van der Waals surface area contributed by atoms with Gasteiger partial charge in [0.05, 0.1) is 24.3 Å². The van der Waals surface area contributed by atoms with Gasteiger partial charge in [-0.1, -0.05) is 26.0 Å². The molecular formula is C28H36N8O12S2. The lowest BCUT2D eigenvalue weighted by Gasteiger charge is -2.18. The number of benzene rings is 2. The average molecular weight is 741 g/mol. The van der Waals surface area contributed by atoms with E-state index in [0.717, 1.165) is 11.1 Å². The van der Waals surface area contributed by atoms with Gasteiger partial charge in [-0.05, 0) is 62.1 Å². The highest BCUT2D eigenvalue weighted by Gasteiger charge is 2.29. The number of nitrogens with two attached hydrogens (primary N) is 4. The van der Waals surface area contributed by atoms with Crippen molar-refractivity contribution < 1.29 is 44.0 Å². The summed E-state index contributed by atoms with van der Waals surface area (Å²) in [5.41, 5.74) is 21.7. The van der Waals surface area contributed by atoms with Crippen LogP contribution >= 0.6 is 0 Å². The molecular weight excluding hydrogens is 704 g/mol. The third kappa shape index (κ3) is 9.74. The fourth-order valence-corrected chi connectivity index (χ4v) is 4.70. The molecule has 50 heavy (non-hydrogen) atoms. The van der Waals surface area contributed by atoms with Crippen LogP contribution in [0.15, 0.2) is 46.0 Å². The largest absolute Gasteiger partial charge is 0.540 e. The molecule has 0 amide bonds. The molecule has 0 bridgehead atoms. The molecule has 4 rings (SSSR count). The predicted octanol–water partition coefficient (Wildman–Crippen LogP) is 0.807. The number of nitrogen functional groups attached to an aromatic ring is 4. The monoisotopic (exact) mass is 740 g/mol. The van der Waals surface area contributed by atoms with Gasteiger partial charge in [-0.15, -0.1) is 17.9 Å². The second kappa shape index (κ2) is 15.8. The highest BCUT2D eigenvalue weighted by atomic mass is 32.3. The van der Waals surface area contributed by atoms with E-state index in [1.54, 1.807) is 24.3 Å². The van der Waals surface area contributed by atoms with Gasteiger partial charge in [0.15, 0.2) is 23.3 Å². The topological polar surface area (TPSA) is 320 Å². The first kappa shape index (κ1) is 38.9. The van der Waals surface area contributed by atoms with Crippen molar-refractivity contribution in [2.24, 2.45) is 0 Å². The highest BCUT2D eigenvalue weighted by Crippen LogP contribution is 2.32. The number of anilines is 4. The summed E-state index contributed by atoms with van der Waals surface area (Å²) in [4.78, 5) is 34.7. The van der Waals surface area contributed by atoms with Gasteiger partial charge in [0.25, 0.3) is 0 Å². The molecule has 0 saturated heterocycles. The van der Waals surface area contributed by atoms with E-state index in [9.17, 15) is 18.0 Å². The SMILES string of the molecule is CCCOc1cc(C)ccc1-c1nc(N)c(N)c(=O)n1OS(=O)(=O)On1c(-c2ccc(C)cc2OCCC)nc(N)c(N)c1=O.O=S(=O)(O)O. The Balaban J connectivity index is 0.00000126. The van der Waals surface area contributed by atoms with Crippen molar-refractivity contribution in [2.75, 3.05) is 36.1 Å². The molecule has 10 N–H and O–H groups in total. The molecule has 0 atom stereocenters. The summed E-state index contributed by atoms with van der Waals surface area (Å²) in [6.45, 7) is 8.00. The van der Waals surface area contributed by atoms with E-state index in [1.807, 2.05) is 27.7 Å². The quantitative estimate of drug-likeness (QED) is 0.109. The molecule has 0 spiro atoms. The molecule has 0 radical (unpaired) electrons. The van der Waals surface area contributed by atoms with E-state index in [4.69, 9.17) is 58.5 Å². The van der Waals surface area contributed by atoms with Crippen LogP contribution in [0, 0.1) is 13.8 Å². The van der Waals surface area contributed by atoms with Crippen LogP contribution in [0.3, 0.4) is 0 Å². The molecule has 0 fully saturated rings. The van der Waals surface area contributed by atoms with Crippen molar-refractivity contribution in [3.63, 3.8) is 0 Å². The first-order chi connectivity index (χ1) is 23.3. The van der Waals surface area contributed by atoms with Gasteiger partial charge in [0, 0.05) is 0 Å². The van der Waals surface area contributed by atoms with Gasteiger partial charge >= 0.3 is 31.9 Å². The Morgan fingerprint density at radius 2 is 1.02 bits per heavy atom. The van der Waals surface area contributed by atoms with Crippen LogP contribution in [0.2, 0.25) is 0 Å². The molecule has 2 aromatic heterocycles. The fourth-order valence-electron chi connectivity index (χ4n) is 4.03. The third-order valence-electron chi connectivity index (χ3n) is 6.23. The standard InChI is InChI=1S/C28H34N8O8S.H2O4S/c1-5-11-41-19-13-15(3)7-9-17(19)25-33-23(31)21(29)27(37)35(25)43-45(39,40)44-36-26(34-24(32)22(30)28(36)38)18-10-8-16(4)14-20(18)42-12-6-2;1-5(2,3)4/h7-10,13-14H,5-6,11-12,29-32H2,1-4H3;(H2,1,2,3,4). The summed E-state index contributed by atoms with van der Waals surface area (Å²) in [5, 5.41) is 0. The molecule has 0 unspecified atom stereocenters. The van der Waals surface area contributed by atoms with E-state index in [1.165, 1.54) is 12.1 Å². The minimum Gasteiger partial charge on any atom is -0.493 e. The summed E-state index contributed by atoms with van der Waals surface area (Å²) < 4.78 is 80.8. The maximum Gasteiger partial charge on any atom is 0.540 e. The summed E-state index contributed by atoms with van der Waals surface area (Å²) in [6.07, 6.45) is 1.30. The van der Waals surface area contributed by atoms with Crippen LogP contribution in [-0.2, 0) is 20.8 Å². The fraction of sp³-hybridized carbons (Fsp3) is 0.286.